The Bertz CT molecular complexity index is 852. The van der Waals surface area contributed by atoms with Crippen LogP contribution >= 0.6 is 0 Å². The Balaban J connectivity index is 1.27. The average Bonchev–Trinajstić information content (AvgIpc) is 3.08. The van der Waals surface area contributed by atoms with Crippen LogP contribution in [-0.2, 0) is 16.1 Å². The number of hydrogen-bond donors (Lipinski definition) is 1. The van der Waals surface area contributed by atoms with E-state index in [2.05, 4.69) is 6.92 Å². The molecule has 176 valence electrons. The van der Waals surface area contributed by atoms with E-state index in [9.17, 15) is 18.7 Å². The Morgan fingerprint density at radius 1 is 1.03 bits per heavy atom. The number of aliphatic hydroxyl groups excluding tert-OH is 1. The van der Waals surface area contributed by atoms with Gasteiger partial charge < -0.3 is 9.84 Å². The summed E-state index contributed by atoms with van der Waals surface area (Å²) in [7, 11) is 0. The third kappa shape index (κ3) is 3.73. The van der Waals surface area contributed by atoms with Crippen molar-refractivity contribution in [2.24, 2.45) is 34.5 Å². The van der Waals surface area contributed by atoms with E-state index in [1.807, 2.05) is 0 Å². The summed E-state index contributed by atoms with van der Waals surface area (Å²) in [5.41, 5.74) is 0.682. The Morgan fingerprint density at radius 2 is 1.81 bits per heavy atom. The van der Waals surface area contributed by atoms with Crippen LogP contribution in [-0.4, -0.2) is 23.6 Å². The van der Waals surface area contributed by atoms with E-state index in [4.69, 9.17) is 4.74 Å². The van der Waals surface area contributed by atoms with Crippen LogP contribution in [0.25, 0.3) is 0 Å². The third-order valence-corrected chi connectivity index (χ3v) is 10.1. The van der Waals surface area contributed by atoms with Crippen molar-refractivity contribution in [3.63, 3.8) is 0 Å². The van der Waals surface area contributed by atoms with E-state index >= 15 is 0 Å². The van der Waals surface area contributed by atoms with E-state index < -0.39 is 11.6 Å². The topological polar surface area (TPSA) is 46.5 Å². The molecule has 4 aliphatic rings. The number of rotatable bonds is 5. The molecule has 5 rings (SSSR count). The van der Waals surface area contributed by atoms with Crippen LogP contribution in [0.5, 0.6) is 0 Å². The summed E-state index contributed by atoms with van der Waals surface area (Å²) in [5.74, 6) is 1.63. The number of Topliss-reactive ketones (excluding diaryl/α,β-unsaturated/α-hetero) is 1. The summed E-state index contributed by atoms with van der Waals surface area (Å²) in [4.78, 5) is 12.1. The second kappa shape index (κ2) is 8.47. The minimum absolute atomic E-state index is 0.0952. The maximum atomic E-state index is 13.4. The molecule has 0 spiro atoms. The first-order valence-corrected chi connectivity index (χ1v) is 12.5. The van der Waals surface area contributed by atoms with Gasteiger partial charge >= 0.3 is 0 Å². The SMILES string of the molecule is CC12CCC(=O)CC1CCC1C2CCC2(CCOCc3cc(F)cc(F)c3)C(O)CCC12. The van der Waals surface area contributed by atoms with Crippen LogP contribution in [0, 0.1) is 46.1 Å². The number of carbonyl (C=O) groups is 1. The molecule has 1 N–H and O–H groups in total. The molecule has 0 aromatic heterocycles. The standard InChI is InChI=1S/C27H36F2O3/c1-26-8-6-21(30)14-18(26)2-3-22-23(26)7-9-27(24(22)4-5-25(27)31)10-11-32-16-17-12-19(28)15-20(29)13-17/h12-13,15,18,22-25,31H,2-11,14,16H2,1H3. The number of ketones is 1. The zero-order chi connectivity index (χ0) is 22.5. The molecule has 1 aromatic rings. The molecular formula is C27H36F2O3. The highest BCUT2D eigenvalue weighted by Gasteiger charge is 2.61. The third-order valence-electron chi connectivity index (χ3n) is 10.1. The first kappa shape index (κ1) is 22.5. The lowest BCUT2D eigenvalue weighted by molar-refractivity contribution is -0.147. The van der Waals surface area contributed by atoms with Crippen molar-refractivity contribution < 1.29 is 23.4 Å². The Morgan fingerprint density at radius 3 is 2.59 bits per heavy atom. The fourth-order valence-corrected chi connectivity index (χ4v) is 8.45. The van der Waals surface area contributed by atoms with E-state index in [0.29, 0.717) is 41.6 Å². The van der Waals surface area contributed by atoms with Crippen molar-refractivity contribution >= 4 is 5.78 Å². The van der Waals surface area contributed by atoms with Gasteiger partial charge in [-0.3, -0.25) is 4.79 Å². The van der Waals surface area contributed by atoms with Gasteiger partial charge in [0.15, 0.2) is 0 Å². The highest BCUT2D eigenvalue weighted by molar-refractivity contribution is 5.79. The average molecular weight is 447 g/mol. The predicted molar refractivity (Wildman–Crippen MR) is 118 cm³/mol. The molecule has 0 heterocycles. The number of benzene rings is 1. The van der Waals surface area contributed by atoms with Gasteiger partial charge in [-0.05, 0) is 98.1 Å². The van der Waals surface area contributed by atoms with Crippen molar-refractivity contribution in [2.75, 3.05) is 6.61 Å². The summed E-state index contributed by atoms with van der Waals surface area (Å²) >= 11 is 0. The number of aliphatic hydroxyl groups is 1. The van der Waals surface area contributed by atoms with Gasteiger partial charge in [0.25, 0.3) is 0 Å². The van der Waals surface area contributed by atoms with Gasteiger partial charge in [0, 0.05) is 30.9 Å². The highest BCUT2D eigenvalue weighted by Crippen LogP contribution is 2.66. The number of hydrogen-bond acceptors (Lipinski definition) is 3. The monoisotopic (exact) mass is 446 g/mol. The Labute approximate surface area is 189 Å². The molecule has 4 fully saturated rings. The van der Waals surface area contributed by atoms with Crippen LogP contribution in [0.4, 0.5) is 8.78 Å². The fraction of sp³-hybridized carbons (Fsp3) is 0.741. The van der Waals surface area contributed by atoms with Crippen molar-refractivity contribution in [3.8, 4) is 0 Å². The Kier molecular flexibility index (Phi) is 5.94. The molecule has 1 aromatic carbocycles. The van der Waals surface area contributed by atoms with Gasteiger partial charge in [-0.15, -0.1) is 0 Å². The summed E-state index contributed by atoms with van der Waals surface area (Å²) in [5, 5.41) is 11.1. The maximum Gasteiger partial charge on any atom is 0.133 e. The maximum absolute atomic E-state index is 13.4. The van der Waals surface area contributed by atoms with Crippen LogP contribution in [0.2, 0.25) is 0 Å². The smallest absolute Gasteiger partial charge is 0.133 e. The molecule has 32 heavy (non-hydrogen) atoms. The van der Waals surface area contributed by atoms with Gasteiger partial charge in [-0.25, -0.2) is 8.78 Å². The lowest BCUT2D eigenvalue weighted by atomic mass is 9.44. The molecule has 0 bridgehead atoms. The molecule has 0 aliphatic heterocycles. The van der Waals surface area contributed by atoms with Gasteiger partial charge in [0.1, 0.15) is 17.4 Å². The quantitative estimate of drug-likeness (QED) is 0.580. The van der Waals surface area contributed by atoms with Gasteiger partial charge in [0.2, 0.25) is 0 Å². The van der Waals surface area contributed by atoms with Crippen LogP contribution < -0.4 is 0 Å². The number of carbonyl (C=O) groups excluding carboxylic acids is 1. The normalized spacial score (nSPS) is 41.1. The number of fused-ring (bicyclic) bond motifs is 5. The molecule has 0 radical (unpaired) electrons. The first-order valence-electron chi connectivity index (χ1n) is 12.5. The largest absolute Gasteiger partial charge is 0.393 e. The second-order valence-electron chi connectivity index (χ2n) is 11.3. The minimum atomic E-state index is -0.583. The minimum Gasteiger partial charge on any atom is -0.393 e. The van der Waals surface area contributed by atoms with E-state index in [1.54, 1.807) is 0 Å². The number of halogens is 2. The predicted octanol–water partition coefficient (Wildman–Crippen LogP) is 5.82. The first-order chi connectivity index (χ1) is 15.3. The molecule has 0 amide bonds. The van der Waals surface area contributed by atoms with Crippen molar-refractivity contribution in [2.45, 2.75) is 83.8 Å². The molecule has 7 atom stereocenters. The van der Waals surface area contributed by atoms with Crippen molar-refractivity contribution in [1.29, 1.82) is 0 Å². The van der Waals surface area contributed by atoms with Crippen LogP contribution in [0.15, 0.2) is 18.2 Å². The molecular weight excluding hydrogens is 410 g/mol. The second-order valence-corrected chi connectivity index (χ2v) is 11.3. The lowest BCUT2D eigenvalue weighted by Gasteiger charge is -2.60. The molecule has 4 aliphatic carbocycles. The summed E-state index contributed by atoms with van der Waals surface area (Å²) in [6.45, 7) is 3.13. The molecule has 7 unspecified atom stereocenters. The van der Waals surface area contributed by atoms with Gasteiger partial charge in [0.05, 0.1) is 12.7 Å². The summed E-state index contributed by atoms with van der Waals surface area (Å²) < 4.78 is 32.7. The molecule has 3 nitrogen and oxygen atoms in total. The van der Waals surface area contributed by atoms with E-state index in [-0.39, 0.29) is 23.5 Å². The molecule has 0 saturated heterocycles. The molecule has 4 saturated carbocycles. The highest BCUT2D eigenvalue weighted by atomic mass is 19.1. The van der Waals surface area contributed by atoms with Crippen molar-refractivity contribution in [3.05, 3.63) is 35.4 Å². The van der Waals surface area contributed by atoms with E-state index in [1.165, 1.54) is 18.6 Å². The van der Waals surface area contributed by atoms with Gasteiger partial charge in [-0.2, -0.15) is 0 Å². The molecule has 5 heteroatoms. The van der Waals surface area contributed by atoms with Gasteiger partial charge in [-0.1, -0.05) is 6.92 Å². The summed E-state index contributed by atoms with van der Waals surface area (Å²) in [6, 6.07) is 3.50. The van der Waals surface area contributed by atoms with E-state index in [0.717, 1.165) is 63.9 Å². The van der Waals surface area contributed by atoms with Crippen molar-refractivity contribution in [1.82, 2.24) is 0 Å². The number of ether oxygens (including phenoxy) is 1. The zero-order valence-electron chi connectivity index (χ0n) is 19.1. The van der Waals surface area contributed by atoms with Crippen LogP contribution in [0.3, 0.4) is 0 Å². The zero-order valence-corrected chi connectivity index (χ0v) is 19.1. The fourth-order valence-electron chi connectivity index (χ4n) is 8.45. The van der Waals surface area contributed by atoms with Crippen LogP contribution in [0.1, 0.15) is 76.7 Å². The lowest BCUT2D eigenvalue weighted by Crippen LogP contribution is -2.55. The Hall–Kier alpha value is -1.33. The summed E-state index contributed by atoms with van der Waals surface area (Å²) in [6.07, 6.45) is 9.49.